The molecule has 0 bridgehead atoms. The number of halogens is 1. The number of aromatic amines is 2. The Bertz CT molecular complexity index is 1360. The van der Waals surface area contributed by atoms with E-state index in [9.17, 15) is 9.59 Å². The Kier molecular flexibility index (Phi) is 6.88. The molecule has 1 unspecified atom stereocenters. The Morgan fingerprint density at radius 1 is 1.09 bits per heavy atom. The van der Waals surface area contributed by atoms with Crippen molar-refractivity contribution in [2.24, 2.45) is 11.3 Å². The molecule has 0 aliphatic heterocycles. The lowest BCUT2D eigenvalue weighted by Gasteiger charge is -2.22. The zero-order chi connectivity index (χ0) is 25.2. The van der Waals surface area contributed by atoms with Crippen molar-refractivity contribution in [1.82, 2.24) is 25.6 Å². The third kappa shape index (κ3) is 6.05. The van der Waals surface area contributed by atoms with Crippen LogP contribution in [0.15, 0.2) is 42.5 Å². The van der Waals surface area contributed by atoms with Gasteiger partial charge in [-0.1, -0.05) is 51.4 Å². The molecule has 0 spiro atoms. The Morgan fingerprint density at radius 3 is 2.60 bits per heavy atom. The van der Waals surface area contributed by atoms with Crippen LogP contribution >= 0.6 is 11.6 Å². The van der Waals surface area contributed by atoms with E-state index in [-0.39, 0.29) is 23.1 Å². The van der Waals surface area contributed by atoms with E-state index in [1.807, 2.05) is 18.2 Å². The molecule has 4 rings (SSSR count). The quantitative estimate of drug-likeness (QED) is 0.264. The fraction of sp³-hybridized carbons (Fsp3) is 0.320. The normalized spacial score (nSPS) is 12.5. The number of amides is 2. The van der Waals surface area contributed by atoms with Crippen molar-refractivity contribution in [3.05, 3.63) is 53.2 Å². The first-order chi connectivity index (χ1) is 16.6. The average Bonchev–Trinajstić information content (AvgIpc) is 3.44. The van der Waals surface area contributed by atoms with Gasteiger partial charge in [0.05, 0.1) is 16.9 Å². The highest BCUT2D eigenvalue weighted by molar-refractivity contribution is 6.31. The number of nitrogens with zero attached hydrogens (tertiary/aromatic N) is 3. The van der Waals surface area contributed by atoms with Crippen LogP contribution in [0.25, 0.3) is 22.3 Å². The number of tetrazole rings is 1. The lowest BCUT2D eigenvalue weighted by Crippen LogP contribution is -2.19. The number of fused-ring (bicyclic) bond motifs is 1. The summed E-state index contributed by atoms with van der Waals surface area (Å²) in [6.07, 6.45) is 1.38. The van der Waals surface area contributed by atoms with Gasteiger partial charge in [-0.15, -0.1) is 10.2 Å². The Morgan fingerprint density at radius 2 is 1.89 bits per heavy atom. The molecule has 9 nitrogen and oxygen atoms in total. The van der Waals surface area contributed by atoms with Gasteiger partial charge in [0.2, 0.25) is 11.7 Å². The number of hydrogen-bond acceptors (Lipinski definition) is 5. The van der Waals surface area contributed by atoms with E-state index in [4.69, 9.17) is 11.6 Å². The molecule has 35 heavy (non-hydrogen) atoms. The van der Waals surface area contributed by atoms with Crippen molar-refractivity contribution in [3.8, 4) is 11.4 Å². The molecule has 0 saturated heterocycles. The molecule has 0 aliphatic rings. The van der Waals surface area contributed by atoms with Crippen LogP contribution in [-0.2, 0) is 4.79 Å². The lowest BCUT2D eigenvalue weighted by molar-refractivity contribution is -0.117. The highest BCUT2D eigenvalue weighted by Crippen LogP contribution is 2.30. The van der Waals surface area contributed by atoms with Crippen LogP contribution in [0, 0.1) is 11.3 Å². The third-order valence-electron chi connectivity index (χ3n) is 5.49. The minimum absolute atomic E-state index is 0.0548. The monoisotopic (exact) mass is 493 g/mol. The minimum Gasteiger partial charge on any atom is -0.349 e. The average molecular weight is 494 g/mol. The predicted octanol–water partition coefficient (Wildman–Crippen LogP) is 5.65. The molecule has 0 saturated carbocycles. The Labute approximate surface area is 208 Å². The molecule has 182 valence electrons. The summed E-state index contributed by atoms with van der Waals surface area (Å²) in [6.45, 7) is 8.59. The van der Waals surface area contributed by atoms with Crippen molar-refractivity contribution in [2.75, 3.05) is 10.6 Å². The molecule has 2 amide bonds. The molecule has 2 aromatic heterocycles. The van der Waals surface area contributed by atoms with Gasteiger partial charge in [0, 0.05) is 22.4 Å². The molecule has 0 radical (unpaired) electrons. The maximum Gasteiger partial charge on any atom is 0.272 e. The first-order valence-corrected chi connectivity index (χ1v) is 11.7. The number of benzene rings is 2. The van der Waals surface area contributed by atoms with Gasteiger partial charge in [-0.05, 0) is 53.3 Å². The van der Waals surface area contributed by atoms with Crippen molar-refractivity contribution in [1.29, 1.82) is 0 Å². The first-order valence-electron chi connectivity index (χ1n) is 11.4. The number of aromatic nitrogens is 5. The van der Waals surface area contributed by atoms with Crippen LogP contribution < -0.4 is 10.6 Å². The number of anilines is 2. The maximum absolute atomic E-state index is 13.1. The number of hydrogen-bond donors (Lipinski definition) is 4. The smallest absolute Gasteiger partial charge is 0.272 e. The summed E-state index contributed by atoms with van der Waals surface area (Å²) >= 11 is 6.12. The fourth-order valence-electron chi connectivity index (χ4n) is 4.29. The molecule has 2 aromatic carbocycles. The van der Waals surface area contributed by atoms with E-state index in [1.165, 1.54) is 0 Å². The first kappa shape index (κ1) is 24.4. The largest absolute Gasteiger partial charge is 0.349 e. The second-order valence-corrected chi connectivity index (χ2v) is 10.4. The predicted molar refractivity (Wildman–Crippen MR) is 137 cm³/mol. The van der Waals surface area contributed by atoms with Crippen LogP contribution in [0.1, 0.15) is 51.0 Å². The number of nitrogens with one attached hydrogen (secondary N) is 4. The fourth-order valence-corrected chi connectivity index (χ4v) is 4.47. The van der Waals surface area contributed by atoms with Crippen molar-refractivity contribution in [3.63, 3.8) is 0 Å². The van der Waals surface area contributed by atoms with Crippen LogP contribution in [-0.4, -0.2) is 37.4 Å². The second kappa shape index (κ2) is 9.87. The summed E-state index contributed by atoms with van der Waals surface area (Å²) in [7, 11) is 0. The summed E-state index contributed by atoms with van der Waals surface area (Å²) in [5, 5.41) is 21.1. The Balaban J connectivity index is 1.53. The zero-order valence-electron chi connectivity index (χ0n) is 20.1. The van der Waals surface area contributed by atoms with Gasteiger partial charge < -0.3 is 15.6 Å². The molecule has 0 aliphatic carbocycles. The summed E-state index contributed by atoms with van der Waals surface area (Å²) in [4.78, 5) is 28.9. The van der Waals surface area contributed by atoms with E-state index < -0.39 is 0 Å². The van der Waals surface area contributed by atoms with Gasteiger partial charge in [-0.25, -0.2) is 0 Å². The highest BCUT2D eigenvalue weighted by Gasteiger charge is 2.19. The van der Waals surface area contributed by atoms with E-state index in [2.05, 4.69) is 63.9 Å². The van der Waals surface area contributed by atoms with Crippen molar-refractivity contribution < 1.29 is 9.59 Å². The van der Waals surface area contributed by atoms with Crippen LogP contribution in [0.3, 0.4) is 0 Å². The Hall–Kier alpha value is -3.72. The van der Waals surface area contributed by atoms with Gasteiger partial charge in [0.15, 0.2) is 0 Å². The van der Waals surface area contributed by atoms with Crippen LogP contribution in [0.4, 0.5) is 11.4 Å². The second-order valence-electron chi connectivity index (χ2n) is 9.95. The summed E-state index contributed by atoms with van der Waals surface area (Å²) in [5.74, 6) is 0.155. The van der Waals surface area contributed by atoms with Crippen LogP contribution in [0.2, 0.25) is 5.02 Å². The summed E-state index contributed by atoms with van der Waals surface area (Å²) < 4.78 is 0. The van der Waals surface area contributed by atoms with E-state index in [1.54, 1.807) is 24.3 Å². The van der Waals surface area contributed by atoms with Crippen molar-refractivity contribution >= 4 is 45.7 Å². The zero-order valence-corrected chi connectivity index (χ0v) is 20.8. The number of carbonyl (C=O) groups excluding carboxylic acids is 2. The van der Waals surface area contributed by atoms with Gasteiger partial charge in [-0.2, -0.15) is 5.21 Å². The number of H-pyrrole nitrogens is 2. The number of carbonyl (C=O) groups is 2. The number of para-hydroxylation sites is 1. The standard InChI is InChI=1S/C25H28ClN7O2/c1-14(13-25(2,3)4)10-21(34)27-19-7-5-6-15-11-20(28-22(15)19)24(35)29-18-9-8-16(26)12-17(18)23-30-32-33-31-23/h5-9,11-12,14,28H,10,13H2,1-4H3,(H,27,34)(H,29,35)(H,30,31,32,33). The maximum atomic E-state index is 13.1. The lowest BCUT2D eigenvalue weighted by atomic mass is 9.84. The van der Waals surface area contributed by atoms with Gasteiger partial charge in [0.25, 0.3) is 5.91 Å². The molecule has 2 heterocycles. The molecular formula is C25H28ClN7O2. The highest BCUT2D eigenvalue weighted by atomic mass is 35.5. The van der Waals surface area contributed by atoms with Gasteiger partial charge >= 0.3 is 0 Å². The van der Waals surface area contributed by atoms with E-state index in [0.717, 1.165) is 11.8 Å². The molecule has 4 aromatic rings. The third-order valence-corrected chi connectivity index (χ3v) is 5.72. The molecule has 0 fully saturated rings. The molecular weight excluding hydrogens is 466 g/mol. The topological polar surface area (TPSA) is 128 Å². The number of rotatable bonds is 7. The summed E-state index contributed by atoms with van der Waals surface area (Å²) in [5.41, 5.74) is 2.85. The van der Waals surface area contributed by atoms with E-state index >= 15 is 0 Å². The molecule has 10 heteroatoms. The summed E-state index contributed by atoms with van der Waals surface area (Å²) in [6, 6.07) is 12.3. The van der Waals surface area contributed by atoms with Gasteiger partial charge in [0.1, 0.15) is 5.69 Å². The van der Waals surface area contributed by atoms with Crippen molar-refractivity contribution in [2.45, 2.75) is 40.5 Å². The SMILES string of the molecule is CC(CC(=O)Nc1cccc2cc(C(=O)Nc3ccc(Cl)cc3-c3nn[nH]n3)[nH]c12)CC(C)(C)C. The molecule has 1 atom stereocenters. The molecule has 4 N–H and O–H groups in total. The van der Waals surface area contributed by atoms with Gasteiger partial charge in [-0.3, -0.25) is 9.59 Å². The minimum atomic E-state index is -0.357. The van der Waals surface area contributed by atoms with Crippen LogP contribution in [0.5, 0.6) is 0 Å². The van der Waals surface area contributed by atoms with E-state index in [0.29, 0.717) is 45.4 Å².